The van der Waals surface area contributed by atoms with Crippen LogP contribution in [0.25, 0.3) is 0 Å². The number of allylic oxidation sites excluding steroid dienone is 2. The van der Waals surface area contributed by atoms with Crippen molar-refractivity contribution < 1.29 is 14.3 Å². The lowest BCUT2D eigenvalue weighted by atomic mass is 9.78. The van der Waals surface area contributed by atoms with Crippen LogP contribution in [0.15, 0.2) is 11.1 Å². The van der Waals surface area contributed by atoms with Gasteiger partial charge in [0.05, 0.1) is 11.8 Å². The number of esters is 2. The van der Waals surface area contributed by atoms with Crippen LogP contribution in [-0.2, 0) is 14.3 Å². The van der Waals surface area contributed by atoms with Gasteiger partial charge in [-0.1, -0.05) is 11.1 Å². The fraction of sp³-hybridized carbons (Fsp3) is 0.600. The van der Waals surface area contributed by atoms with E-state index in [1.807, 2.05) is 13.8 Å². The summed E-state index contributed by atoms with van der Waals surface area (Å²) in [5, 5.41) is 0. The van der Waals surface area contributed by atoms with Crippen LogP contribution in [0.1, 0.15) is 26.7 Å². The number of ether oxygens (including phenoxy) is 1. The molecule has 0 spiro atoms. The molecule has 2 atom stereocenters. The number of hydrogen-bond donors (Lipinski definition) is 0. The molecular formula is C10H12O3. The first-order chi connectivity index (χ1) is 6.09. The smallest absolute Gasteiger partial charge is 0.317 e. The third-order valence-corrected chi connectivity index (χ3v) is 3.07. The Morgan fingerprint density at radius 3 is 1.77 bits per heavy atom. The van der Waals surface area contributed by atoms with Crippen LogP contribution in [-0.4, -0.2) is 11.9 Å². The van der Waals surface area contributed by atoms with E-state index in [9.17, 15) is 9.59 Å². The Labute approximate surface area is 76.8 Å². The molecule has 0 radical (unpaired) electrons. The first-order valence-electron chi connectivity index (χ1n) is 4.50. The highest BCUT2D eigenvalue weighted by Gasteiger charge is 2.45. The van der Waals surface area contributed by atoms with Gasteiger partial charge in [-0.3, -0.25) is 9.59 Å². The Balaban J connectivity index is 2.31. The lowest BCUT2D eigenvalue weighted by molar-refractivity contribution is -0.153. The molecule has 13 heavy (non-hydrogen) atoms. The second kappa shape index (κ2) is 2.69. The molecule has 3 nitrogen and oxygen atoms in total. The maximum Gasteiger partial charge on any atom is 0.317 e. The molecule has 1 fully saturated rings. The van der Waals surface area contributed by atoms with E-state index in [2.05, 4.69) is 4.74 Å². The van der Waals surface area contributed by atoms with Gasteiger partial charge in [0.2, 0.25) is 0 Å². The highest BCUT2D eigenvalue weighted by Crippen LogP contribution is 2.39. The highest BCUT2D eigenvalue weighted by atomic mass is 16.6. The Bertz CT molecular complexity index is 284. The molecule has 0 saturated carbocycles. The molecule has 0 aromatic rings. The molecule has 2 rings (SSSR count). The molecule has 2 aliphatic rings. The molecule has 0 unspecified atom stereocenters. The summed E-state index contributed by atoms with van der Waals surface area (Å²) in [5.74, 6) is -1.06. The molecule has 1 aliphatic carbocycles. The normalized spacial score (nSPS) is 33.4. The second-order valence-electron chi connectivity index (χ2n) is 3.92. The van der Waals surface area contributed by atoms with E-state index in [1.165, 1.54) is 11.1 Å². The first-order valence-corrected chi connectivity index (χ1v) is 4.50. The average molecular weight is 180 g/mol. The summed E-state index contributed by atoms with van der Waals surface area (Å²) in [6.07, 6.45) is 1.39. The van der Waals surface area contributed by atoms with E-state index < -0.39 is 0 Å². The van der Waals surface area contributed by atoms with Gasteiger partial charge in [0.25, 0.3) is 0 Å². The van der Waals surface area contributed by atoms with Gasteiger partial charge in [-0.2, -0.15) is 0 Å². The van der Waals surface area contributed by atoms with Crippen molar-refractivity contribution in [2.45, 2.75) is 26.7 Å². The summed E-state index contributed by atoms with van der Waals surface area (Å²) in [7, 11) is 0. The van der Waals surface area contributed by atoms with Crippen molar-refractivity contribution in [3.63, 3.8) is 0 Å². The molecule has 1 heterocycles. The number of cyclic esters (lactones) is 2. The first kappa shape index (κ1) is 8.48. The van der Waals surface area contributed by atoms with E-state index >= 15 is 0 Å². The van der Waals surface area contributed by atoms with Gasteiger partial charge in [0.15, 0.2) is 0 Å². The van der Waals surface area contributed by atoms with Crippen LogP contribution >= 0.6 is 0 Å². The summed E-state index contributed by atoms with van der Waals surface area (Å²) >= 11 is 0. The lowest BCUT2D eigenvalue weighted by Crippen LogP contribution is -2.22. The quantitative estimate of drug-likeness (QED) is 0.322. The molecule has 0 bridgehead atoms. The number of carbonyl (C=O) groups excluding carboxylic acids is 2. The molecule has 0 aromatic heterocycles. The topological polar surface area (TPSA) is 43.4 Å². The summed E-state index contributed by atoms with van der Waals surface area (Å²) in [4.78, 5) is 22.4. The van der Waals surface area contributed by atoms with Crippen molar-refractivity contribution >= 4 is 11.9 Å². The minimum atomic E-state index is -0.332. The minimum absolute atomic E-state index is 0.198. The molecule has 1 aliphatic heterocycles. The zero-order chi connectivity index (χ0) is 9.59. The van der Waals surface area contributed by atoms with Crippen molar-refractivity contribution in [2.24, 2.45) is 11.8 Å². The third kappa shape index (κ3) is 1.19. The van der Waals surface area contributed by atoms with Gasteiger partial charge in [-0.25, -0.2) is 0 Å². The predicted molar refractivity (Wildman–Crippen MR) is 45.7 cm³/mol. The van der Waals surface area contributed by atoms with Gasteiger partial charge in [0, 0.05) is 0 Å². The number of hydrogen-bond acceptors (Lipinski definition) is 3. The lowest BCUT2D eigenvalue weighted by Gasteiger charge is -2.21. The molecule has 3 heteroatoms. The average Bonchev–Trinajstić information content (AvgIpc) is 2.31. The maximum atomic E-state index is 11.2. The summed E-state index contributed by atoms with van der Waals surface area (Å²) < 4.78 is 4.60. The molecule has 0 amide bonds. The Hall–Kier alpha value is -1.12. The van der Waals surface area contributed by atoms with Crippen molar-refractivity contribution in [1.82, 2.24) is 0 Å². The van der Waals surface area contributed by atoms with Crippen LogP contribution in [0.3, 0.4) is 0 Å². The molecule has 0 N–H and O–H groups in total. The van der Waals surface area contributed by atoms with Crippen LogP contribution in [0.4, 0.5) is 0 Å². The van der Waals surface area contributed by atoms with E-state index in [-0.39, 0.29) is 23.8 Å². The molecule has 1 saturated heterocycles. The minimum Gasteiger partial charge on any atom is -0.393 e. The van der Waals surface area contributed by atoms with Crippen LogP contribution in [0.2, 0.25) is 0 Å². The standard InChI is InChI=1S/C10H12O3/c1-5-3-7-8(4-6(5)2)10(12)13-9(7)11/h7-8H,3-4H2,1-2H3/t7-,8-/m1/s1. The summed E-state index contributed by atoms with van der Waals surface area (Å²) in [6, 6.07) is 0. The van der Waals surface area contributed by atoms with E-state index in [1.54, 1.807) is 0 Å². The van der Waals surface area contributed by atoms with E-state index in [0.717, 1.165) is 0 Å². The van der Waals surface area contributed by atoms with E-state index in [0.29, 0.717) is 12.8 Å². The molecular weight excluding hydrogens is 168 g/mol. The summed E-state index contributed by atoms with van der Waals surface area (Å²) in [6.45, 7) is 4.03. The van der Waals surface area contributed by atoms with Gasteiger partial charge < -0.3 is 4.74 Å². The fourth-order valence-electron chi connectivity index (χ4n) is 2.04. The Kier molecular flexibility index (Phi) is 1.75. The van der Waals surface area contributed by atoms with Crippen molar-refractivity contribution in [2.75, 3.05) is 0 Å². The predicted octanol–water partition coefficient (Wildman–Crippen LogP) is 1.43. The van der Waals surface area contributed by atoms with E-state index in [4.69, 9.17) is 0 Å². The number of fused-ring (bicyclic) bond motifs is 1. The van der Waals surface area contributed by atoms with Gasteiger partial charge in [-0.15, -0.1) is 0 Å². The summed E-state index contributed by atoms with van der Waals surface area (Å²) in [5.41, 5.74) is 2.46. The zero-order valence-corrected chi connectivity index (χ0v) is 7.79. The third-order valence-electron chi connectivity index (χ3n) is 3.07. The highest BCUT2D eigenvalue weighted by molar-refractivity contribution is 5.97. The number of rotatable bonds is 0. The molecule has 0 aromatic carbocycles. The number of carbonyl (C=O) groups is 2. The van der Waals surface area contributed by atoms with Crippen LogP contribution < -0.4 is 0 Å². The Morgan fingerprint density at radius 1 is 1.00 bits per heavy atom. The zero-order valence-electron chi connectivity index (χ0n) is 7.79. The second-order valence-corrected chi connectivity index (χ2v) is 3.92. The fourth-order valence-corrected chi connectivity index (χ4v) is 2.04. The maximum absolute atomic E-state index is 11.2. The van der Waals surface area contributed by atoms with Crippen molar-refractivity contribution in [3.05, 3.63) is 11.1 Å². The largest absolute Gasteiger partial charge is 0.393 e. The van der Waals surface area contributed by atoms with Crippen molar-refractivity contribution in [3.8, 4) is 0 Å². The van der Waals surface area contributed by atoms with Gasteiger partial charge in [0.1, 0.15) is 0 Å². The molecule has 70 valence electrons. The van der Waals surface area contributed by atoms with Gasteiger partial charge >= 0.3 is 11.9 Å². The SMILES string of the molecule is CC1=C(C)C[C@H]2C(=O)OC(=O)[C@@H]2C1. The van der Waals surface area contributed by atoms with Crippen LogP contribution in [0.5, 0.6) is 0 Å². The Morgan fingerprint density at radius 2 is 1.38 bits per heavy atom. The van der Waals surface area contributed by atoms with Crippen molar-refractivity contribution in [1.29, 1.82) is 0 Å². The monoisotopic (exact) mass is 180 g/mol. The van der Waals surface area contributed by atoms with Crippen LogP contribution in [0, 0.1) is 11.8 Å². The van der Waals surface area contributed by atoms with Gasteiger partial charge in [-0.05, 0) is 26.7 Å².